The number of hydrogen-bond donors (Lipinski definition) is 3. The Morgan fingerprint density at radius 3 is 2.29 bits per heavy atom. The van der Waals surface area contributed by atoms with E-state index in [0.717, 1.165) is 23.4 Å². The molecule has 0 aliphatic carbocycles. The topological polar surface area (TPSA) is 85.7 Å². The van der Waals surface area contributed by atoms with Crippen LogP contribution in [0.1, 0.15) is 11.1 Å². The first-order valence-electron chi connectivity index (χ1n) is 10.2. The number of benzene rings is 3. The van der Waals surface area contributed by atoms with Crippen LogP contribution >= 0.6 is 12.2 Å². The largest absolute Gasteiger partial charge is 0.416 e. The minimum atomic E-state index is -4.43. The van der Waals surface area contributed by atoms with E-state index in [9.17, 15) is 13.2 Å². The predicted octanol–water partition coefficient (Wildman–Crippen LogP) is 6.59. The van der Waals surface area contributed by atoms with E-state index in [4.69, 9.17) is 17.5 Å². The minimum Gasteiger partial charge on any atom is -0.340 e. The molecule has 0 spiro atoms. The molecule has 174 valence electrons. The molecule has 1 heterocycles. The maximum Gasteiger partial charge on any atom is 0.416 e. The van der Waals surface area contributed by atoms with E-state index >= 15 is 0 Å². The molecule has 1 aromatic heterocycles. The Labute approximate surface area is 204 Å². The first-order chi connectivity index (χ1) is 16.8. The monoisotopic (exact) mass is 490 g/mol. The summed E-state index contributed by atoms with van der Waals surface area (Å²) >= 11 is 5.33. The van der Waals surface area contributed by atoms with Gasteiger partial charge in [0, 0.05) is 28.7 Å². The van der Waals surface area contributed by atoms with Crippen molar-refractivity contribution in [1.29, 1.82) is 5.26 Å². The van der Waals surface area contributed by atoms with Gasteiger partial charge in [0.1, 0.15) is 12.1 Å². The standard InChI is InChI=1S/C25H17F3N6S/c26-25(27,28)18-4-2-6-21(12-18)32-23-13-22(30-15-31-23)17-7-9-19(10-8-17)33-24(35)34-20-5-1-3-16(11-20)14-29/h1-13,15H,(H,30,31,32)(H2,33,34,35). The molecule has 10 heteroatoms. The molecule has 3 aromatic carbocycles. The van der Waals surface area contributed by atoms with E-state index in [-0.39, 0.29) is 5.69 Å². The van der Waals surface area contributed by atoms with Gasteiger partial charge >= 0.3 is 6.18 Å². The van der Waals surface area contributed by atoms with Gasteiger partial charge < -0.3 is 16.0 Å². The van der Waals surface area contributed by atoms with Gasteiger partial charge in [-0.15, -0.1) is 0 Å². The van der Waals surface area contributed by atoms with Gasteiger partial charge in [-0.25, -0.2) is 9.97 Å². The van der Waals surface area contributed by atoms with Crippen molar-refractivity contribution in [1.82, 2.24) is 9.97 Å². The number of nitrogens with zero attached hydrogens (tertiary/aromatic N) is 3. The van der Waals surface area contributed by atoms with Crippen LogP contribution < -0.4 is 16.0 Å². The number of alkyl halides is 3. The Hall–Kier alpha value is -4.49. The zero-order valence-electron chi connectivity index (χ0n) is 18.0. The summed E-state index contributed by atoms with van der Waals surface area (Å²) in [4.78, 5) is 8.35. The molecule has 6 nitrogen and oxygen atoms in total. The lowest BCUT2D eigenvalue weighted by Gasteiger charge is -2.12. The van der Waals surface area contributed by atoms with Crippen LogP contribution in [0, 0.1) is 11.3 Å². The first-order valence-corrected chi connectivity index (χ1v) is 10.7. The second-order valence-corrected chi connectivity index (χ2v) is 7.75. The van der Waals surface area contributed by atoms with Gasteiger partial charge in [0.25, 0.3) is 0 Å². The van der Waals surface area contributed by atoms with Gasteiger partial charge in [0.15, 0.2) is 5.11 Å². The van der Waals surface area contributed by atoms with Crippen molar-refractivity contribution in [2.24, 2.45) is 0 Å². The van der Waals surface area contributed by atoms with E-state index in [2.05, 4.69) is 32.0 Å². The Balaban J connectivity index is 1.43. The molecule has 0 saturated heterocycles. The highest BCUT2D eigenvalue weighted by atomic mass is 32.1. The Kier molecular flexibility index (Phi) is 6.89. The van der Waals surface area contributed by atoms with Gasteiger partial charge in [-0.2, -0.15) is 18.4 Å². The molecule has 0 atom stereocenters. The second kappa shape index (κ2) is 10.2. The van der Waals surface area contributed by atoms with E-state index in [1.54, 1.807) is 30.3 Å². The Bertz CT molecular complexity index is 1400. The summed E-state index contributed by atoms with van der Waals surface area (Å²) in [6, 6.07) is 22.9. The summed E-state index contributed by atoms with van der Waals surface area (Å²) < 4.78 is 38.9. The van der Waals surface area contributed by atoms with Crippen LogP contribution in [0.15, 0.2) is 85.2 Å². The lowest BCUT2D eigenvalue weighted by molar-refractivity contribution is -0.137. The van der Waals surface area contributed by atoms with Gasteiger partial charge in [-0.1, -0.05) is 24.3 Å². The molecule has 0 amide bonds. The number of nitriles is 1. The lowest BCUT2D eigenvalue weighted by atomic mass is 10.1. The van der Waals surface area contributed by atoms with Crippen LogP contribution in [0.2, 0.25) is 0 Å². The molecule has 4 aromatic rings. The Morgan fingerprint density at radius 2 is 1.54 bits per heavy atom. The van der Waals surface area contributed by atoms with Crippen LogP contribution in [0.4, 0.5) is 36.1 Å². The van der Waals surface area contributed by atoms with Crippen LogP contribution in [0.3, 0.4) is 0 Å². The predicted molar refractivity (Wildman–Crippen MR) is 133 cm³/mol. The van der Waals surface area contributed by atoms with Crippen molar-refractivity contribution < 1.29 is 13.2 Å². The van der Waals surface area contributed by atoms with Gasteiger partial charge in [0.2, 0.25) is 0 Å². The summed E-state index contributed by atoms with van der Waals surface area (Å²) in [6.45, 7) is 0. The maximum absolute atomic E-state index is 13.0. The smallest absolute Gasteiger partial charge is 0.340 e. The quantitative estimate of drug-likeness (QED) is 0.272. The lowest BCUT2D eigenvalue weighted by Crippen LogP contribution is -2.19. The minimum absolute atomic E-state index is 0.269. The van der Waals surface area contributed by atoms with Crippen LogP contribution in [-0.2, 0) is 6.18 Å². The Morgan fingerprint density at radius 1 is 0.829 bits per heavy atom. The molecule has 3 N–H and O–H groups in total. The SMILES string of the molecule is N#Cc1cccc(NC(=S)Nc2ccc(-c3cc(Nc4cccc(C(F)(F)F)c4)ncn3)cc2)c1. The number of rotatable bonds is 5. The van der Waals surface area contributed by atoms with Gasteiger partial charge in [-0.05, 0) is 60.7 Å². The molecule has 0 aliphatic rings. The van der Waals surface area contributed by atoms with Crippen molar-refractivity contribution in [3.8, 4) is 17.3 Å². The number of nitrogens with one attached hydrogen (secondary N) is 3. The highest BCUT2D eigenvalue weighted by molar-refractivity contribution is 7.80. The normalized spacial score (nSPS) is 10.8. The summed E-state index contributed by atoms with van der Waals surface area (Å²) in [5, 5.41) is 18.3. The number of aromatic nitrogens is 2. The molecular weight excluding hydrogens is 473 g/mol. The molecule has 0 aliphatic heterocycles. The van der Waals surface area contributed by atoms with Gasteiger partial charge in [0.05, 0.1) is 22.9 Å². The molecule has 0 unspecified atom stereocenters. The van der Waals surface area contributed by atoms with Crippen LogP contribution in [0.25, 0.3) is 11.3 Å². The van der Waals surface area contributed by atoms with Crippen molar-refractivity contribution >= 4 is 40.2 Å². The van der Waals surface area contributed by atoms with Crippen LogP contribution in [0.5, 0.6) is 0 Å². The highest BCUT2D eigenvalue weighted by Gasteiger charge is 2.30. The zero-order chi connectivity index (χ0) is 24.8. The molecule has 0 bridgehead atoms. The van der Waals surface area contributed by atoms with Crippen molar-refractivity contribution in [3.63, 3.8) is 0 Å². The highest BCUT2D eigenvalue weighted by Crippen LogP contribution is 2.31. The van der Waals surface area contributed by atoms with Crippen molar-refractivity contribution in [2.75, 3.05) is 16.0 Å². The second-order valence-electron chi connectivity index (χ2n) is 7.34. The summed E-state index contributed by atoms with van der Waals surface area (Å²) in [5.74, 6) is 0.363. The molecule has 0 fully saturated rings. The molecule has 35 heavy (non-hydrogen) atoms. The average molecular weight is 491 g/mol. The third-order valence-corrected chi connectivity index (χ3v) is 5.02. The first kappa shape index (κ1) is 23.7. The average Bonchev–Trinajstić information content (AvgIpc) is 2.84. The maximum atomic E-state index is 13.0. The number of hydrogen-bond acceptors (Lipinski definition) is 5. The van der Waals surface area contributed by atoms with Crippen LogP contribution in [-0.4, -0.2) is 15.1 Å². The third kappa shape index (κ3) is 6.31. The number of thiocarbonyl (C=S) groups is 1. The summed E-state index contributed by atoms with van der Waals surface area (Å²) in [5.41, 5.74) is 2.85. The third-order valence-electron chi connectivity index (χ3n) is 4.82. The van der Waals surface area contributed by atoms with Gasteiger partial charge in [-0.3, -0.25) is 0 Å². The number of anilines is 4. The molecule has 0 saturated carbocycles. The van der Waals surface area contributed by atoms with E-state index < -0.39 is 11.7 Å². The fraction of sp³-hybridized carbons (Fsp3) is 0.0400. The zero-order valence-corrected chi connectivity index (χ0v) is 18.8. The van der Waals surface area contributed by atoms with Crippen molar-refractivity contribution in [3.05, 3.63) is 96.3 Å². The van der Waals surface area contributed by atoms with Crippen molar-refractivity contribution in [2.45, 2.75) is 6.18 Å². The summed E-state index contributed by atoms with van der Waals surface area (Å²) in [7, 11) is 0. The fourth-order valence-corrected chi connectivity index (χ4v) is 3.42. The van der Waals surface area contributed by atoms with E-state index in [1.807, 2.05) is 24.3 Å². The molecule has 0 radical (unpaired) electrons. The molecular formula is C25H17F3N6S. The fourth-order valence-electron chi connectivity index (χ4n) is 3.19. The number of halogens is 3. The van der Waals surface area contributed by atoms with E-state index in [1.165, 1.54) is 18.5 Å². The molecule has 4 rings (SSSR count). The summed E-state index contributed by atoms with van der Waals surface area (Å²) in [6.07, 6.45) is -3.09. The van der Waals surface area contributed by atoms with E-state index in [0.29, 0.717) is 27.9 Å².